The van der Waals surface area contributed by atoms with Gasteiger partial charge in [0.05, 0.1) is 0 Å². The van der Waals surface area contributed by atoms with E-state index >= 15 is 0 Å². The summed E-state index contributed by atoms with van der Waals surface area (Å²) in [4.78, 5) is 0. The van der Waals surface area contributed by atoms with Gasteiger partial charge in [-0.1, -0.05) is 48.9 Å². The quantitative estimate of drug-likeness (QED) is 0.708. The van der Waals surface area contributed by atoms with Gasteiger partial charge in [-0.05, 0) is 42.2 Å². The largest absolute Gasteiger partial charge is 0.458 e. The molecule has 0 aliphatic heterocycles. The highest BCUT2D eigenvalue weighted by Gasteiger charge is 2.17. The SMILES string of the molecule is CC(CC(O)c1cc2cc(Cl)ccc2o1)c1ccccc1. The fraction of sp³-hybridized carbons (Fsp3) is 0.222. The first kappa shape index (κ1) is 14.2. The highest BCUT2D eigenvalue weighted by Crippen LogP contribution is 2.32. The molecule has 3 rings (SSSR count). The van der Waals surface area contributed by atoms with Crippen molar-refractivity contribution in [3.8, 4) is 0 Å². The molecular weight excluding hydrogens is 284 g/mol. The van der Waals surface area contributed by atoms with E-state index in [2.05, 4.69) is 19.1 Å². The molecule has 21 heavy (non-hydrogen) atoms. The van der Waals surface area contributed by atoms with E-state index in [9.17, 15) is 5.11 Å². The normalized spacial score (nSPS) is 14.2. The molecule has 1 aromatic heterocycles. The highest BCUT2D eigenvalue weighted by molar-refractivity contribution is 6.31. The lowest BCUT2D eigenvalue weighted by Gasteiger charge is -2.15. The van der Waals surface area contributed by atoms with Crippen LogP contribution in [-0.4, -0.2) is 5.11 Å². The number of fused-ring (bicyclic) bond motifs is 1. The number of aliphatic hydroxyl groups excluding tert-OH is 1. The van der Waals surface area contributed by atoms with E-state index in [0.717, 1.165) is 11.0 Å². The van der Waals surface area contributed by atoms with Gasteiger partial charge < -0.3 is 9.52 Å². The van der Waals surface area contributed by atoms with E-state index in [1.807, 2.05) is 36.4 Å². The van der Waals surface area contributed by atoms with Crippen molar-refractivity contribution in [2.45, 2.75) is 25.4 Å². The van der Waals surface area contributed by atoms with Crippen LogP contribution in [0.1, 0.15) is 36.7 Å². The molecule has 0 fully saturated rings. The zero-order valence-electron chi connectivity index (χ0n) is 11.8. The van der Waals surface area contributed by atoms with Gasteiger partial charge in [-0.15, -0.1) is 0 Å². The van der Waals surface area contributed by atoms with Crippen molar-refractivity contribution in [1.29, 1.82) is 0 Å². The third kappa shape index (κ3) is 3.12. The van der Waals surface area contributed by atoms with Crippen molar-refractivity contribution in [2.75, 3.05) is 0 Å². The summed E-state index contributed by atoms with van der Waals surface area (Å²) >= 11 is 5.97. The Kier molecular flexibility index (Phi) is 4.00. The van der Waals surface area contributed by atoms with Crippen LogP contribution in [0.4, 0.5) is 0 Å². The minimum atomic E-state index is -0.619. The van der Waals surface area contributed by atoms with Crippen LogP contribution in [0.5, 0.6) is 0 Å². The van der Waals surface area contributed by atoms with E-state index in [4.69, 9.17) is 16.0 Å². The molecule has 0 bridgehead atoms. The Morgan fingerprint density at radius 3 is 2.62 bits per heavy atom. The Morgan fingerprint density at radius 1 is 1.10 bits per heavy atom. The molecule has 0 spiro atoms. The number of furan rings is 1. The van der Waals surface area contributed by atoms with Crippen molar-refractivity contribution in [1.82, 2.24) is 0 Å². The second kappa shape index (κ2) is 5.92. The number of hydrogen-bond donors (Lipinski definition) is 1. The molecule has 2 atom stereocenters. The molecule has 2 aromatic carbocycles. The van der Waals surface area contributed by atoms with Gasteiger partial charge in [-0.25, -0.2) is 0 Å². The van der Waals surface area contributed by atoms with Crippen molar-refractivity contribution >= 4 is 22.6 Å². The standard InChI is InChI=1S/C18H17ClO2/c1-12(13-5-3-2-4-6-13)9-16(20)18-11-14-10-15(19)7-8-17(14)21-18/h2-8,10-12,16,20H,9H2,1H3. The van der Waals surface area contributed by atoms with Gasteiger partial charge in [-0.2, -0.15) is 0 Å². The third-order valence-electron chi connectivity index (χ3n) is 3.77. The van der Waals surface area contributed by atoms with Gasteiger partial charge in [0.2, 0.25) is 0 Å². The number of rotatable bonds is 4. The fourth-order valence-electron chi connectivity index (χ4n) is 2.57. The molecule has 0 aliphatic carbocycles. The van der Waals surface area contributed by atoms with E-state index < -0.39 is 6.10 Å². The van der Waals surface area contributed by atoms with Gasteiger partial charge >= 0.3 is 0 Å². The molecular formula is C18H17ClO2. The highest BCUT2D eigenvalue weighted by atomic mass is 35.5. The van der Waals surface area contributed by atoms with Crippen molar-refractivity contribution in [3.05, 3.63) is 70.9 Å². The number of hydrogen-bond acceptors (Lipinski definition) is 2. The Morgan fingerprint density at radius 2 is 1.86 bits per heavy atom. The number of benzene rings is 2. The molecule has 108 valence electrons. The predicted octanol–water partition coefficient (Wildman–Crippen LogP) is 5.31. The average Bonchev–Trinajstić information content (AvgIpc) is 2.91. The topological polar surface area (TPSA) is 33.4 Å². The summed E-state index contributed by atoms with van der Waals surface area (Å²) in [6.07, 6.45) is 0.00350. The zero-order chi connectivity index (χ0) is 14.8. The molecule has 0 amide bonds. The molecule has 0 saturated carbocycles. The van der Waals surface area contributed by atoms with Crippen LogP contribution >= 0.6 is 11.6 Å². The van der Waals surface area contributed by atoms with Crippen LogP contribution in [-0.2, 0) is 0 Å². The van der Waals surface area contributed by atoms with Gasteiger partial charge in [0.1, 0.15) is 17.4 Å². The monoisotopic (exact) mass is 300 g/mol. The lowest BCUT2D eigenvalue weighted by Crippen LogP contribution is -2.02. The maximum Gasteiger partial charge on any atom is 0.134 e. The molecule has 1 N–H and O–H groups in total. The van der Waals surface area contributed by atoms with Gasteiger partial charge in [-0.3, -0.25) is 0 Å². The average molecular weight is 301 g/mol. The molecule has 2 nitrogen and oxygen atoms in total. The smallest absolute Gasteiger partial charge is 0.134 e. The maximum absolute atomic E-state index is 10.4. The van der Waals surface area contributed by atoms with Gasteiger partial charge in [0.25, 0.3) is 0 Å². The summed E-state index contributed by atoms with van der Waals surface area (Å²) in [6.45, 7) is 2.11. The minimum absolute atomic E-state index is 0.262. The first-order valence-corrected chi connectivity index (χ1v) is 7.43. The number of aliphatic hydroxyl groups is 1. The molecule has 1 heterocycles. The molecule has 0 aliphatic rings. The zero-order valence-corrected chi connectivity index (χ0v) is 12.5. The first-order chi connectivity index (χ1) is 10.1. The Bertz CT molecular complexity index is 733. The first-order valence-electron chi connectivity index (χ1n) is 7.05. The van der Waals surface area contributed by atoms with Crippen LogP contribution in [0.3, 0.4) is 0 Å². The Balaban J connectivity index is 1.79. The van der Waals surface area contributed by atoms with E-state index in [-0.39, 0.29) is 5.92 Å². The van der Waals surface area contributed by atoms with Crippen LogP contribution in [0.25, 0.3) is 11.0 Å². The predicted molar refractivity (Wildman–Crippen MR) is 85.7 cm³/mol. The third-order valence-corrected chi connectivity index (χ3v) is 4.01. The van der Waals surface area contributed by atoms with Crippen LogP contribution in [0.2, 0.25) is 5.02 Å². The fourth-order valence-corrected chi connectivity index (χ4v) is 2.75. The minimum Gasteiger partial charge on any atom is -0.458 e. The number of halogens is 1. The lowest BCUT2D eigenvalue weighted by atomic mass is 9.94. The molecule has 3 heteroatoms. The van der Waals surface area contributed by atoms with Crippen LogP contribution in [0.15, 0.2) is 59.0 Å². The molecule has 0 saturated heterocycles. The summed E-state index contributed by atoms with van der Waals surface area (Å²) in [5, 5.41) is 12.0. The van der Waals surface area contributed by atoms with Crippen molar-refractivity contribution < 1.29 is 9.52 Å². The van der Waals surface area contributed by atoms with Gasteiger partial charge in [0.15, 0.2) is 0 Å². The lowest BCUT2D eigenvalue weighted by molar-refractivity contribution is 0.135. The molecule has 3 aromatic rings. The Labute approximate surface area is 129 Å². The summed E-state index contributed by atoms with van der Waals surface area (Å²) in [7, 11) is 0. The van der Waals surface area contributed by atoms with E-state index in [0.29, 0.717) is 17.2 Å². The second-order valence-electron chi connectivity index (χ2n) is 5.39. The van der Waals surface area contributed by atoms with Crippen LogP contribution < -0.4 is 0 Å². The van der Waals surface area contributed by atoms with Crippen molar-refractivity contribution in [2.24, 2.45) is 0 Å². The summed E-state index contributed by atoms with van der Waals surface area (Å²) in [5.41, 5.74) is 1.97. The summed E-state index contributed by atoms with van der Waals surface area (Å²) < 4.78 is 5.71. The second-order valence-corrected chi connectivity index (χ2v) is 5.83. The van der Waals surface area contributed by atoms with E-state index in [1.54, 1.807) is 6.07 Å². The maximum atomic E-state index is 10.4. The van der Waals surface area contributed by atoms with Gasteiger partial charge in [0, 0.05) is 10.4 Å². The molecule has 0 radical (unpaired) electrons. The van der Waals surface area contributed by atoms with E-state index in [1.165, 1.54) is 5.56 Å². The van der Waals surface area contributed by atoms with Crippen molar-refractivity contribution in [3.63, 3.8) is 0 Å². The molecule has 2 unspecified atom stereocenters. The summed E-state index contributed by atoms with van der Waals surface area (Å²) in [5.74, 6) is 0.855. The Hall–Kier alpha value is -1.77. The van der Waals surface area contributed by atoms with Crippen LogP contribution in [0, 0.1) is 0 Å². The summed E-state index contributed by atoms with van der Waals surface area (Å²) in [6, 6.07) is 17.5.